The van der Waals surface area contributed by atoms with Gasteiger partial charge in [-0.25, -0.2) is 4.98 Å². The van der Waals surface area contributed by atoms with Crippen LogP contribution in [0, 0.1) is 6.92 Å². The highest BCUT2D eigenvalue weighted by molar-refractivity contribution is 5.86. The Morgan fingerprint density at radius 1 is 0.500 bits per heavy atom. The second-order valence-corrected chi connectivity index (χ2v) is 8.60. The molecule has 0 aliphatic rings. The van der Waals surface area contributed by atoms with E-state index >= 15 is 0 Å². The first-order chi connectivity index (χ1) is 16.8. The van der Waals surface area contributed by atoms with Crippen LogP contribution in [0.2, 0.25) is 0 Å². The molecule has 0 saturated heterocycles. The minimum absolute atomic E-state index is 0.939. The molecule has 0 unspecified atom stereocenters. The molecule has 0 aliphatic heterocycles. The van der Waals surface area contributed by atoms with Crippen molar-refractivity contribution in [2.45, 2.75) is 6.92 Å². The standard InChI is InChI=1S/C32H24N2/c1-23-17-19-26(20-18-23)31-32(27-15-9-4-10-16-27)34-29(25-13-7-3-8-14-25)21-28(22-30(34)33-31)24-11-5-2-6-12-24/h2-22H,1H3. The Hall–Kier alpha value is -4.43. The van der Waals surface area contributed by atoms with Crippen molar-refractivity contribution in [2.24, 2.45) is 0 Å². The molecule has 0 bridgehead atoms. The van der Waals surface area contributed by atoms with Gasteiger partial charge in [-0.2, -0.15) is 0 Å². The summed E-state index contributed by atoms with van der Waals surface area (Å²) in [7, 11) is 0. The maximum atomic E-state index is 5.22. The number of fused-ring (bicyclic) bond motifs is 1. The van der Waals surface area contributed by atoms with Crippen molar-refractivity contribution in [1.82, 2.24) is 9.38 Å². The average Bonchev–Trinajstić information content (AvgIpc) is 3.29. The van der Waals surface area contributed by atoms with E-state index in [0.717, 1.165) is 45.0 Å². The van der Waals surface area contributed by atoms with Gasteiger partial charge < -0.3 is 0 Å². The average molecular weight is 437 g/mol. The number of nitrogens with zero attached hydrogens (tertiary/aromatic N) is 2. The van der Waals surface area contributed by atoms with E-state index in [4.69, 9.17) is 4.98 Å². The molecular weight excluding hydrogens is 412 g/mol. The van der Waals surface area contributed by atoms with Gasteiger partial charge >= 0.3 is 0 Å². The molecule has 2 heterocycles. The third-order valence-corrected chi connectivity index (χ3v) is 6.27. The van der Waals surface area contributed by atoms with Crippen molar-refractivity contribution in [2.75, 3.05) is 0 Å². The zero-order valence-corrected chi connectivity index (χ0v) is 19.0. The highest BCUT2D eigenvalue weighted by Gasteiger charge is 2.20. The van der Waals surface area contributed by atoms with Gasteiger partial charge in [-0.05, 0) is 35.7 Å². The molecule has 6 aromatic rings. The van der Waals surface area contributed by atoms with Crippen LogP contribution in [0.4, 0.5) is 0 Å². The fourth-order valence-electron chi connectivity index (χ4n) is 4.56. The normalized spacial score (nSPS) is 11.1. The second kappa shape index (κ2) is 8.49. The Labute approximate surface area is 199 Å². The number of rotatable bonds is 4. The van der Waals surface area contributed by atoms with Crippen LogP contribution >= 0.6 is 0 Å². The van der Waals surface area contributed by atoms with Crippen molar-refractivity contribution in [1.29, 1.82) is 0 Å². The molecule has 0 aliphatic carbocycles. The Bertz CT molecular complexity index is 1560. The van der Waals surface area contributed by atoms with Crippen LogP contribution in [-0.2, 0) is 0 Å². The Kier molecular flexibility index (Phi) is 5.04. The molecule has 4 aromatic carbocycles. The van der Waals surface area contributed by atoms with Crippen molar-refractivity contribution < 1.29 is 0 Å². The van der Waals surface area contributed by atoms with Crippen molar-refractivity contribution in [3.05, 3.63) is 133 Å². The Morgan fingerprint density at radius 3 is 1.68 bits per heavy atom. The zero-order valence-electron chi connectivity index (χ0n) is 19.0. The molecule has 0 atom stereocenters. The summed E-state index contributed by atoms with van der Waals surface area (Å²) in [6, 6.07) is 44.8. The van der Waals surface area contributed by atoms with Gasteiger partial charge in [0.2, 0.25) is 0 Å². The van der Waals surface area contributed by atoms with Crippen LogP contribution < -0.4 is 0 Å². The third kappa shape index (κ3) is 3.60. The maximum absolute atomic E-state index is 5.22. The summed E-state index contributed by atoms with van der Waals surface area (Å²) in [5, 5.41) is 0. The van der Waals surface area contributed by atoms with E-state index in [-0.39, 0.29) is 0 Å². The molecular formula is C32H24N2. The lowest BCUT2D eigenvalue weighted by Gasteiger charge is -2.13. The van der Waals surface area contributed by atoms with E-state index in [1.807, 2.05) is 0 Å². The largest absolute Gasteiger partial charge is 0.292 e. The molecule has 0 amide bonds. The Balaban J connectivity index is 1.73. The number of imidazole rings is 1. The van der Waals surface area contributed by atoms with Gasteiger partial charge in [0.25, 0.3) is 0 Å². The van der Waals surface area contributed by atoms with Gasteiger partial charge in [-0.1, -0.05) is 121 Å². The van der Waals surface area contributed by atoms with Gasteiger partial charge in [0.05, 0.1) is 17.1 Å². The van der Waals surface area contributed by atoms with E-state index in [2.05, 4.69) is 139 Å². The van der Waals surface area contributed by atoms with E-state index in [0.29, 0.717) is 0 Å². The number of pyridine rings is 1. The highest BCUT2D eigenvalue weighted by atomic mass is 15.0. The summed E-state index contributed by atoms with van der Waals surface area (Å²) in [5.41, 5.74) is 11.2. The van der Waals surface area contributed by atoms with Crippen LogP contribution in [0.15, 0.2) is 127 Å². The number of aromatic nitrogens is 2. The number of hydrogen-bond acceptors (Lipinski definition) is 1. The lowest BCUT2D eigenvalue weighted by molar-refractivity contribution is 1.20. The molecule has 2 aromatic heterocycles. The van der Waals surface area contributed by atoms with E-state index in [1.165, 1.54) is 11.1 Å². The molecule has 2 nitrogen and oxygen atoms in total. The minimum atomic E-state index is 0.939. The molecule has 162 valence electrons. The summed E-state index contributed by atoms with van der Waals surface area (Å²) in [6.45, 7) is 2.12. The molecule has 2 heteroatoms. The lowest BCUT2D eigenvalue weighted by Crippen LogP contribution is -1.96. The van der Waals surface area contributed by atoms with Gasteiger partial charge in [0, 0.05) is 11.1 Å². The second-order valence-electron chi connectivity index (χ2n) is 8.60. The quantitative estimate of drug-likeness (QED) is 0.272. The third-order valence-electron chi connectivity index (χ3n) is 6.27. The molecule has 0 N–H and O–H groups in total. The highest BCUT2D eigenvalue weighted by Crippen LogP contribution is 2.38. The molecule has 0 saturated carbocycles. The van der Waals surface area contributed by atoms with Crippen molar-refractivity contribution in [3.8, 4) is 44.9 Å². The summed E-state index contributed by atoms with van der Waals surface area (Å²) in [5.74, 6) is 0. The molecule has 0 fully saturated rings. The first-order valence-corrected chi connectivity index (χ1v) is 11.6. The van der Waals surface area contributed by atoms with Gasteiger partial charge in [-0.3, -0.25) is 4.40 Å². The molecule has 6 rings (SSSR count). The molecule has 34 heavy (non-hydrogen) atoms. The fourth-order valence-corrected chi connectivity index (χ4v) is 4.56. The maximum Gasteiger partial charge on any atom is 0.139 e. The van der Waals surface area contributed by atoms with Gasteiger partial charge in [0.1, 0.15) is 5.65 Å². The van der Waals surface area contributed by atoms with E-state index in [9.17, 15) is 0 Å². The van der Waals surface area contributed by atoms with E-state index in [1.54, 1.807) is 0 Å². The first kappa shape index (κ1) is 20.2. The smallest absolute Gasteiger partial charge is 0.139 e. The fraction of sp³-hybridized carbons (Fsp3) is 0.0312. The topological polar surface area (TPSA) is 17.3 Å². The first-order valence-electron chi connectivity index (χ1n) is 11.6. The summed E-state index contributed by atoms with van der Waals surface area (Å²) in [4.78, 5) is 5.22. The van der Waals surface area contributed by atoms with Gasteiger partial charge in [-0.15, -0.1) is 0 Å². The number of aryl methyl sites for hydroxylation is 1. The summed E-state index contributed by atoms with van der Waals surface area (Å²) in [6.07, 6.45) is 0. The zero-order chi connectivity index (χ0) is 22.9. The number of hydrogen-bond donors (Lipinski definition) is 0. The Morgan fingerprint density at radius 2 is 1.06 bits per heavy atom. The monoisotopic (exact) mass is 436 g/mol. The molecule has 0 radical (unpaired) electrons. The SMILES string of the molecule is Cc1ccc(-c2nc3cc(-c4ccccc4)cc(-c4ccccc4)n3c2-c2ccccc2)cc1. The number of benzene rings is 4. The van der Waals surface area contributed by atoms with Crippen LogP contribution in [0.25, 0.3) is 50.5 Å². The predicted molar refractivity (Wildman–Crippen MR) is 142 cm³/mol. The predicted octanol–water partition coefficient (Wildman–Crippen LogP) is 8.31. The summed E-state index contributed by atoms with van der Waals surface area (Å²) >= 11 is 0. The van der Waals surface area contributed by atoms with Crippen molar-refractivity contribution in [3.63, 3.8) is 0 Å². The van der Waals surface area contributed by atoms with Crippen LogP contribution in [0.1, 0.15) is 5.56 Å². The van der Waals surface area contributed by atoms with Gasteiger partial charge in [0.15, 0.2) is 0 Å². The summed E-state index contributed by atoms with van der Waals surface area (Å²) < 4.78 is 2.31. The molecule has 0 spiro atoms. The van der Waals surface area contributed by atoms with Crippen LogP contribution in [0.3, 0.4) is 0 Å². The van der Waals surface area contributed by atoms with E-state index < -0.39 is 0 Å². The minimum Gasteiger partial charge on any atom is -0.292 e. The lowest BCUT2D eigenvalue weighted by atomic mass is 10.0. The van der Waals surface area contributed by atoms with Crippen molar-refractivity contribution >= 4 is 5.65 Å². The van der Waals surface area contributed by atoms with Crippen LogP contribution in [0.5, 0.6) is 0 Å². The van der Waals surface area contributed by atoms with Crippen LogP contribution in [-0.4, -0.2) is 9.38 Å².